The average molecular weight is 515 g/mol. The van der Waals surface area contributed by atoms with Crippen molar-refractivity contribution in [2.45, 2.75) is 35.7 Å². The summed E-state index contributed by atoms with van der Waals surface area (Å²) >= 11 is 7.92. The van der Waals surface area contributed by atoms with Crippen LogP contribution in [-0.2, 0) is 4.57 Å². The molecular weight excluding hydrogens is 487 g/mol. The summed E-state index contributed by atoms with van der Waals surface area (Å²) in [5.74, 6) is 0.149. The second kappa shape index (κ2) is 11.0. The van der Waals surface area contributed by atoms with Gasteiger partial charge >= 0.3 is 0 Å². The predicted octanol–water partition coefficient (Wildman–Crippen LogP) is 8.67. The first-order valence-corrected chi connectivity index (χ1v) is 15.0. The molecule has 0 radical (unpaired) electrons. The van der Waals surface area contributed by atoms with Crippen molar-refractivity contribution in [3.05, 3.63) is 137 Å². The fourth-order valence-corrected chi connectivity index (χ4v) is 9.85. The highest BCUT2D eigenvalue weighted by atomic mass is 35.5. The quantitative estimate of drug-likeness (QED) is 0.239. The summed E-state index contributed by atoms with van der Waals surface area (Å²) in [6.45, 7) is 0. The Morgan fingerprint density at radius 1 is 0.714 bits per heavy atom. The van der Waals surface area contributed by atoms with Crippen LogP contribution >= 0.6 is 30.5 Å². The van der Waals surface area contributed by atoms with E-state index in [4.69, 9.17) is 11.6 Å². The molecular formula is C31H28ClOPS. The van der Waals surface area contributed by atoms with Gasteiger partial charge in [-0.25, -0.2) is 0 Å². The Hall–Kier alpha value is -2.51. The number of hydrogen-bond donors (Lipinski definition) is 0. The van der Waals surface area contributed by atoms with Gasteiger partial charge in [-0.1, -0.05) is 120 Å². The smallest absolute Gasteiger partial charge is 0.146 e. The molecule has 0 fully saturated rings. The van der Waals surface area contributed by atoms with Gasteiger partial charge < -0.3 is 4.57 Å². The first-order valence-electron chi connectivity index (χ1n) is 12.0. The lowest BCUT2D eigenvalue weighted by atomic mass is 9.91. The van der Waals surface area contributed by atoms with Crippen LogP contribution in [-0.4, -0.2) is 5.66 Å². The Labute approximate surface area is 217 Å². The molecule has 0 heterocycles. The van der Waals surface area contributed by atoms with Crippen molar-refractivity contribution in [2.24, 2.45) is 0 Å². The molecule has 35 heavy (non-hydrogen) atoms. The zero-order chi connectivity index (χ0) is 24.1. The third kappa shape index (κ3) is 5.36. The maximum absolute atomic E-state index is 15.4. The van der Waals surface area contributed by atoms with Gasteiger partial charge in [-0.15, -0.1) is 0 Å². The highest BCUT2D eigenvalue weighted by molar-refractivity contribution is 8.03. The largest absolute Gasteiger partial charge is 0.313 e. The highest BCUT2D eigenvalue weighted by Gasteiger charge is 2.42. The second-order valence-corrected chi connectivity index (χ2v) is 13.6. The van der Waals surface area contributed by atoms with Crippen molar-refractivity contribution in [2.75, 3.05) is 0 Å². The SMILES string of the molecule is O=P(c1ccccc1)(c1ccccc1)[C@H]1CCC=C(Sc2ccc(Cl)cc2)C[C@@H]1c1ccccc1. The van der Waals surface area contributed by atoms with Gasteiger partial charge in [-0.05, 0) is 59.9 Å². The maximum atomic E-state index is 15.4. The first-order chi connectivity index (χ1) is 17.1. The van der Waals surface area contributed by atoms with Gasteiger partial charge in [0.15, 0.2) is 0 Å². The summed E-state index contributed by atoms with van der Waals surface area (Å²) in [6.07, 6.45) is 5.01. The predicted molar refractivity (Wildman–Crippen MR) is 152 cm³/mol. The number of rotatable bonds is 6. The topological polar surface area (TPSA) is 17.1 Å². The molecule has 0 N–H and O–H groups in total. The second-order valence-electron chi connectivity index (χ2n) is 8.92. The summed E-state index contributed by atoms with van der Waals surface area (Å²) in [5, 5.41) is 2.65. The van der Waals surface area contributed by atoms with Crippen molar-refractivity contribution in [3.8, 4) is 0 Å². The molecule has 0 aliphatic heterocycles. The van der Waals surface area contributed by atoms with E-state index in [-0.39, 0.29) is 11.6 Å². The fraction of sp³-hybridized carbons (Fsp3) is 0.161. The van der Waals surface area contributed by atoms with E-state index in [9.17, 15) is 0 Å². The first kappa shape index (κ1) is 24.2. The Kier molecular flexibility index (Phi) is 7.63. The van der Waals surface area contributed by atoms with Crippen LogP contribution in [0.3, 0.4) is 0 Å². The van der Waals surface area contributed by atoms with Crippen LogP contribution in [0.1, 0.15) is 30.7 Å². The molecule has 176 valence electrons. The van der Waals surface area contributed by atoms with Gasteiger partial charge in [0.2, 0.25) is 0 Å². The molecule has 0 bridgehead atoms. The lowest BCUT2D eigenvalue weighted by molar-refractivity contribution is 0.548. The number of halogens is 1. The van der Waals surface area contributed by atoms with Gasteiger partial charge in [0.05, 0.1) is 0 Å². The molecule has 0 spiro atoms. The standard InChI is InChI=1S/C31H28ClOPS/c32-25-19-21-28(22-20-25)35-29-17-10-18-31(30(23-29)24-11-4-1-5-12-24)34(33,26-13-6-2-7-14-26)27-15-8-3-9-16-27/h1-9,11-17,19-22,30-31H,10,18,23H2/t30-,31+/m1/s1. The van der Waals surface area contributed by atoms with E-state index in [0.29, 0.717) is 0 Å². The summed E-state index contributed by atoms with van der Waals surface area (Å²) in [4.78, 5) is 2.51. The van der Waals surface area contributed by atoms with E-state index in [2.05, 4.69) is 72.8 Å². The molecule has 1 aliphatic rings. The molecule has 1 aliphatic carbocycles. The van der Waals surface area contributed by atoms with Crippen LogP contribution in [0.4, 0.5) is 0 Å². The van der Waals surface area contributed by atoms with Crippen molar-refractivity contribution in [1.29, 1.82) is 0 Å². The minimum atomic E-state index is -2.92. The maximum Gasteiger partial charge on any atom is 0.146 e. The van der Waals surface area contributed by atoms with Crippen molar-refractivity contribution in [3.63, 3.8) is 0 Å². The number of allylic oxidation sites excluding steroid dienone is 2. The van der Waals surface area contributed by atoms with Gasteiger partial charge in [0.25, 0.3) is 0 Å². The molecule has 0 saturated carbocycles. The Bertz CT molecular complexity index is 1280. The molecule has 0 saturated heterocycles. The van der Waals surface area contributed by atoms with Crippen LogP contribution in [0, 0.1) is 0 Å². The third-order valence-electron chi connectivity index (χ3n) is 6.76. The minimum Gasteiger partial charge on any atom is -0.313 e. The monoisotopic (exact) mass is 514 g/mol. The number of thioether (sulfide) groups is 1. The van der Waals surface area contributed by atoms with E-state index in [1.807, 2.05) is 48.5 Å². The lowest BCUT2D eigenvalue weighted by Crippen LogP contribution is -2.30. The van der Waals surface area contributed by atoms with E-state index < -0.39 is 7.14 Å². The molecule has 0 amide bonds. The Balaban J connectivity index is 1.58. The molecule has 1 nitrogen and oxygen atoms in total. The molecule has 0 unspecified atom stereocenters. The summed E-state index contributed by atoms with van der Waals surface area (Å²) < 4.78 is 15.4. The van der Waals surface area contributed by atoms with Crippen molar-refractivity contribution < 1.29 is 4.57 Å². The zero-order valence-corrected chi connectivity index (χ0v) is 21.9. The van der Waals surface area contributed by atoms with E-state index >= 15 is 4.57 Å². The number of hydrogen-bond acceptors (Lipinski definition) is 2. The van der Waals surface area contributed by atoms with E-state index in [1.165, 1.54) is 15.4 Å². The van der Waals surface area contributed by atoms with Gasteiger partial charge in [-0.2, -0.15) is 0 Å². The van der Waals surface area contributed by atoms with Gasteiger partial charge in [-0.3, -0.25) is 0 Å². The normalized spacial score (nSPS) is 18.5. The van der Waals surface area contributed by atoms with Crippen LogP contribution in [0.15, 0.2) is 131 Å². The van der Waals surface area contributed by atoms with Crippen LogP contribution in [0.5, 0.6) is 0 Å². The Morgan fingerprint density at radius 2 is 1.26 bits per heavy atom. The zero-order valence-electron chi connectivity index (χ0n) is 19.5. The van der Waals surface area contributed by atoms with Crippen molar-refractivity contribution in [1.82, 2.24) is 0 Å². The van der Waals surface area contributed by atoms with Crippen LogP contribution in [0.2, 0.25) is 5.02 Å². The average Bonchev–Trinajstić information content (AvgIpc) is 3.14. The minimum absolute atomic E-state index is 0.00858. The summed E-state index contributed by atoms with van der Waals surface area (Å²) in [7, 11) is -2.92. The summed E-state index contributed by atoms with van der Waals surface area (Å²) in [5.41, 5.74) is 1.27. The molecule has 4 aromatic rings. The number of benzene rings is 4. The fourth-order valence-electron chi connectivity index (χ4n) is 5.10. The van der Waals surface area contributed by atoms with Crippen molar-refractivity contribution >= 4 is 41.1 Å². The molecule has 4 heteroatoms. The lowest BCUT2D eigenvalue weighted by Gasteiger charge is -2.34. The van der Waals surface area contributed by atoms with Gasteiger partial charge in [0.1, 0.15) is 7.14 Å². The van der Waals surface area contributed by atoms with E-state index in [0.717, 1.165) is 34.9 Å². The molecule has 0 aromatic heterocycles. The summed E-state index contributed by atoms with van der Waals surface area (Å²) in [6, 6.07) is 39.0. The Morgan fingerprint density at radius 3 is 1.83 bits per heavy atom. The highest BCUT2D eigenvalue weighted by Crippen LogP contribution is 2.58. The van der Waals surface area contributed by atoms with Crippen LogP contribution in [0.25, 0.3) is 0 Å². The molecule has 2 atom stereocenters. The molecule has 5 rings (SSSR count). The van der Waals surface area contributed by atoms with Gasteiger partial charge in [0, 0.05) is 26.2 Å². The third-order valence-corrected chi connectivity index (χ3v) is 11.8. The van der Waals surface area contributed by atoms with E-state index in [1.54, 1.807) is 11.8 Å². The van der Waals surface area contributed by atoms with Crippen LogP contribution < -0.4 is 10.6 Å². The molecule has 4 aromatic carbocycles.